The Morgan fingerprint density at radius 2 is 1.81 bits per heavy atom. The summed E-state index contributed by atoms with van der Waals surface area (Å²) in [6.45, 7) is 0.210. The minimum Gasteiger partial charge on any atom is -0.199 e. The Morgan fingerprint density at radius 1 is 1.19 bits per heavy atom. The molecule has 0 saturated carbocycles. The van der Waals surface area contributed by atoms with Crippen molar-refractivity contribution in [3.05, 3.63) is 65.7 Å². The zero-order valence-electron chi connectivity index (χ0n) is 11.6. The van der Waals surface area contributed by atoms with Crippen LogP contribution >= 0.6 is 0 Å². The maximum absolute atomic E-state index is 14.3. The minimum absolute atomic E-state index is 0.210. The average molecular weight is 302 g/mol. The van der Waals surface area contributed by atoms with Crippen molar-refractivity contribution in [1.29, 1.82) is 0 Å². The fourth-order valence-electron chi connectivity index (χ4n) is 1.74. The molecule has 0 aliphatic rings. The largest absolute Gasteiger partial charge is 0.275 e. The van der Waals surface area contributed by atoms with Crippen LogP contribution in [0, 0.1) is 12.3 Å². The molecule has 0 N–H and O–H groups in total. The third kappa shape index (κ3) is 4.15. The van der Waals surface area contributed by atoms with Gasteiger partial charge in [0.25, 0.3) is 10.3 Å². The topological polar surface area (TPSA) is 32.7 Å². The fourth-order valence-corrected chi connectivity index (χ4v) is 2.57. The van der Waals surface area contributed by atoms with Crippen LogP contribution in [0.25, 0.3) is 0 Å². The minimum atomic E-state index is -3.97. The first-order valence-electron chi connectivity index (χ1n) is 6.30. The SMILES string of the molecule is C#Cc1ccc(N=S(=O)(F)N(C)Cc2ccccc2)cc1. The second-order valence-electron chi connectivity index (χ2n) is 4.49. The second-order valence-corrected chi connectivity index (χ2v) is 6.16. The maximum Gasteiger partial charge on any atom is 0.275 e. The Balaban J connectivity index is 2.21. The molecular weight excluding hydrogens is 287 g/mol. The summed E-state index contributed by atoms with van der Waals surface area (Å²) >= 11 is 0. The van der Waals surface area contributed by atoms with Crippen LogP contribution in [0.5, 0.6) is 0 Å². The highest BCUT2D eigenvalue weighted by Crippen LogP contribution is 2.19. The first-order valence-corrected chi connectivity index (χ1v) is 7.67. The zero-order chi connectivity index (χ0) is 15.3. The molecule has 3 nitrogen and oxygen atoms in total. The third-order valence-corrected chi connectivity index (χ3v) is 4.22. The normalized spacial score (nSPS) is 13.4. The van der Waals surface area contributed by atoms with Crippen LogP contribution < -0.4 is 0 Å². The van der Waals surface area contributed by atoms with Crippen LogP contribution in [0.2, 0.25) is 0 Å². The number of hydrogen-bond donors (Lipinski definition) is 0. The molecule has 0 aliphatic heterocycles. The lowest BCUT2D eigenvalue weighted by Crippen LogP contribution is -2.22. The molecular formula is C16H15FN2OS. The Hall–Kier alpha value is -2.16. The predicted molar refractivity (Wildman–Crippen MR) is 83.6 cm³/mol. The van der Waals surface area contributed by atoms with Gasteiger partial charge in [-0.1, -0.05) is 36.3 Å². The van der Waals surface area contributed by atoms with Gasteiger partial charge in [-0.25, -0.2) is 0 Å². The fraction of sp³-hybridized carbons (Fsp3) is 0.125. The number of benzene rings is 2. The molecule has 1 unspecified atom stereocenters. The Labute approximate surface area is 125 Å². The van der Waals surface area contributed by atoms with Gasteiger partial charge in [0.2, 0.25) is 0 Å². The van der Waals surface area contributed by atoms with Gasteiger partial charge in [0.15, 0.2) is 0 Å². The molecule has 0 heterocycles. The van der Waals surface area contributed by atoms with Crippen LogP contribution in [0.3, 0.4) is 0 Å². The first-order chi connectivity index (χ1) is 10.0. The smallest absolute Gasteiger partial charge is 0.199 e. The average Bonchev–Trinajstić information content (AvgIpc) is 2.48. The van der Waals surface area contributed by atoms with E-state index in [1.165, 1.54) is 7.05 Å². The summed E-state index contributed by atoms with van der Waals surface area (Å²) in [5.74, 6) is 2.46. The lowest BCUT2D eigenvalue weighted by molar-refractivity contribution is 0.479. The van der Waals surface area contributed by atoms with Crippen LogP contribution in [-0.2, 0) is 16.8 Å². The number of halogens is 1. The molecule has 21 heavy (non-hydrogen) atoms. The summed E-state index contributed by atoms with van der Waals surface area (Å²) in [5, 5.41) is 0. The summed E-state index contributed by atoms with van der Waals surface area (Å²) in [6, 6.07) is 15.6. The summed E-state index contributed by atoms with van der Waals surface area (Å²) in [5.41, 5.74) is 1.82. The number of hydrogen-bond acceptors (Lipinski definition) is 2. The van der Waals surface area contributed by atoms with E-state index in [1.807, 2.05) is 30.3 Å². The molecule has 0 fully saturated rings. The van der Waals surface area contributed by atoms with E-state index in [-0.39, 0.29) is 6.54 Å². The highest BCUT2D eigenvalue weighted by atomic mass is 32.3. The lowest BCUT2D eigenvalue weighted by atomic mass is 10.2. The highest BCUT2D eigenvalue weighted by molar-refractivity contribution is 7.86. The van der Waals surface area contributed by atoms with Crippen molar-refractivity contribution in [2.24, 2.45) is 4.36 Å². The van der Waals surface area contributed by atoms with Gasteiger partial charge in [-0.3, -0.25) is 0 Å². The molecule has 0 bridgehead atoms. The molecule has 0 spiro atoms. The molecule has 5 heteroatoms. The van der Waals surface area contributed by atoms with Gasteiger partial charge in [-0.05, 0) is 29.8 Å². The van der Waals surface area contributed by atoms with E-state index in [0.29, 0.717) is 11.3 Å². The molecule has 2 aromatic carbocycles. The summed E-state index contributed by atoms with van der Waals surface area (Å²) in [7, 11) is -2.54. The van der Waals surface area contributed by atoms with Crippen molar-refractivity contribution < 1.29 is 8.09 Å². The van der Waals surface area contributed by atoms with Crippen LogP contribution in [0.1, 0.15) is 11.1 Å². The maximum atomic E-state index is 14.3. The standard InChI is InChI=1S/C16H15FN2OS/c1-3-14-9-11-16(12-10-14)18-21(17,20)19(2)13-15-7-5-4-6-8-15/h1,4-12H,13H2,2H3. The summed E-state index contributed by atoms with van der Waals surface area (Å²) in [4.78, 5) is 0. The van der Waals surface area contributed by atoms with Crippen molar-refractivity contribution in [3.63, 3.8) is 0 Å². The molecule has 0 saturated heterocycles. The lowest BCUT2D eigenvalue weighted by Gasteiger charge is -2.14. The summed E-state index contributed by atoms with van der Waals surface area (Å²) in [6.07, 6.45) is 5.24. The Bertz CT molecular complexity index is 757. The van der Waals surface area contributed by atoms with Crippen molar-refractivity contribution >= 4 is 16.0 Å². The number of nitrogens with zero attached hydrogens (tertiary/aromatic N) is 2. The molecule has 1 atom stereocenters. The van der Waals surface area contributed by atoms with E-state index < -0.39 is 10.3 Å². The Morgan fingerprint density at radius 3 is 2.38 bits per heavy atom. The van der Waals surface area contributed by atoms with E-state index in [4.69, 9.17) is 6.42 Å². The number of rotatable bonds is 4. The third-order valence-electron chi connectivity index (χ3n) is 2.88. The zero-order valence-corrected chi connectivity index (χ0v) is 12.4. The van der Waals surface area contributed by atoms with E-state index in [0.717, 1.165) is 9.87 Å². The molecule has 0 aliphatic carbocycles. The van der Waals surface area contributed by atoms with E-state index >= 15 is 0 Å². The van der Waals surface area contributed by atoms with Crippen molar-refractivity contribution in [3.8, 4) is 12.3 Å². The van der Waals surface area contributed by atoms with Gasteiger partial charge in [0.1, 0.15) is 0 Å². The van der Waals surface area contributed by atoms with Gasteiger partial charge in [0, 0.05) is 19.2 Å². The van der Waals surface area contributed by atoms with Crippen molar-refractivity contribution in [1.82, 2.24) is 4.31 Å². The molecule has 2 rings (SSSR count). The van der Waals surface area contributed by atoms with E-state index in [2.05, 4.69) is 10.3 Å². The van der Waals surface area contributed by atoms with Gasteiger partial charge in [-0.2, -0.15) is 12.9 Å². The second kappa shape index (κ2) is 6.53. The van der Waals surface area contributed by atoms with E-state index in [1.54, 1.807) is 24.3 Å². The molecule has 0 amide bonds. The monoisotopic (exact) mass is 302 g/mol. The molecule has 2 aromatic rings. The van der Waals surface area contributed by atoms with Crippen LogP contribution in [0.4, 0.5) is 9.57 Å². The van der Waals surface area contributed by atoms with E-state index in [9.17, 15) is 8.09 Å². The molecule has 0 radical (unpaired) electrons. The van der Waals surface area contributed by atoms with Crippen molar-refractivity contribution in [2.75, 3.05) is 7.05 Å². The predicted octanol–water partition coefficient (Wildman–Crippen LogP) is 3.70. The van der Waals surface area contributed by atoms with Gasteiger partial charge < -0.3 is 0 Å². The Kier molecular flexibility index (Phi) is 4.73. The van der Waals surface area contributed by atoms with Crippen LogP contribution in [0.15, 0.2) is 59.0 Å². The van der Waals surface area contributed by atoms with Crippen molar-refractivity contribution in [2.45, 2.75) is 6.54 Å². The van der Waals surface area contributed by atoms with Crippen LogP contribution in [-0.4, -0.2) is 15.6 Å². The van der Waals surface area contributed by atoms with Gasteiger partial charge in [0.05, 0.1) is 5.69 Å². The molecule has 108 valence electrons. The molecule has 0 aromatic heterocycles. The van der Waals surface area contributed by atoms with Gasteiger partial charge in [-0.15, -0.1) is 10.3 Å². The first kappa shape index (κ1) is 15.2. The highest BCUT2D eigenvalue weighted by Gasteiger charge is 2.15. The van der Waals surface area contributed by atoms with Gasteiger partial charge >= 0.3 is 0 Å². The summed E-state index contributed by atoms with van der Waals surface area (Å²) < 4.78 is 31.1. The quantitative estimate of drug-likeness (QED) is 0.626. The number of terminal acetylenes is 1.